The number of benzene rings is 1. The third-order valence-electron chi connectivity index (χ3n) is 1.87. The Balaban J connectivity index is 0. The number of carbonyl (C=O) groups is 3. The summed E-state index contributed by atoms with van der Waals surface area (Å²) in [5.74, 6) is -3.13. The molecule has 0 radical (unpaired) electrons. The zero-order valence-electron chi connectivity index (χ0n) is 10.6. The van der Waals surface area contributed by atoms with Crippen LogP contribution in [0.1, 0.15) is 16.8 Å². The minimum Gasteiger partial charge on any atom is -0.550 e. The van der Waals surface area contributed by atoms with Crippen molar-refractivity contribution in [3.63, 3.8) is 0 Å². The largest absolute Gasteiger partial charge is 1.00 e. The number of thioether (sulfide) groups is 1. The van der Waals surface area contributed by atoms with E-state index in [1.54, 1.807) is 18.2 Å². The average molecular weight is 298 g/mol. The molecule has 0 aromatic heterocycles. The van der Waals surface area contributed by atoms with Gasteiger partial charge in [-0.25, -0.2) is 0 Å². The van der Waals surface area contributed by atoms with E-state index in [0.717, 1.165) is 0 Å². The predicted octanol–water partition coefficient (Wildman–Crippen LogP) is -7.17. The van der Waals surface area contributed by atoms with E-state index in [2.05, 4.69) is 0 Å². The Hall–Kier alpha value is 0.180. The van der Waals surface area contributed by atoms with E-state index in [0.29, 0.717) is 17.3 Å². The van der Waals surface area contributed by atoms with Crippen LogP contribution >= 0.6 is 11.8 Å². The Labute approximate surface area is 158 Å². The van der Waals surface area contributed by atoms with E-state index in [1.165, 1.54) is 12.1 Å². The molecule has 0 aliphatic rings. The molecule has 8 heteroatoms. The first kappa shape index (κ1) is 21.5. The van der Waals surface area contributed by atoms with Gasteiger partial charge in [-0.15, -0.1) is 0 Å². The molecular weight excluding hydrogens is 290 g/mol. The standard InChI is InChI=1S/C11H10O5S.2Na/c12-9(13)6-8(10(14)15)17-11(16)7-4-2-1-3-5-7;;/h1-5,8H,6H2,(H,12,13)(H,14,15);;/q;2*+1/p-2/t8-;;/m0../s1. The molecule has 0 unspecified atom stereocenters. The summed E-state index contributed by atoms with van der Waals surface area (Å²) in [5, 5.41) is 19.0. The van der Waals surface area contributed by atoms with Crippen LogP contribution in [0.15, 0.2) is 30.3 Å². The van der Waals surface area contributed by atoms with Crippen molar-refractivity contribution >= 4 is 28.8 Å². The third kappa shape index (κ3) is 8.14. The molecule has 0 spiro atoms. The summed E-state index contributed by atoms with van der Waals surface area (Å²) in [4.78, 5) is 32.5. The zero-order chi connectivity index (χ0) is 12.8. The average Bonchev–Trinajstić information content (AvgIpc) is 2.28. The third-order valence-corrected chi connectivity index (χ3v) is 2.97. The van der Waals surface area contributed by atoms with Gasteiger partial charge in [0.1, 0.15) is 0 Å². The molecule has 0 saturated heterocycles. The van der Waals surface area contributed by atoms with Crippen LogP contribution in [0.2, 0.25) is 0 Å². The van der Waals surface area contributed by atoms with E-state index < -0.39 is 28.7 Å². The van der Waals surface area contributed by atoms with E-state index in [4.69, 9.17) is 0 Å². The Morgan fingerprint density at radius 1 is 1.05 bits per heavy atom. The maximum atomic E-state index is 11.6. The maximum Gasteiger partial charge on any atom is 1.00 e. The summed E-state index contributed by atoms with van der Waals surface area (Å²) in [6.07, 6.45) is -0.758. The summed E-state index contributed by atoms with van der Waals surface area (Å²) in [6, 6.07) is 7.99. The monoisotopic (exact) mass is 298 g/mol. The summed E-state index contributed by atoms with van der Waals surface area (Å²) in [7, 11) is 0. The van der Waals surface area contributed by atoms with E-state index in [9.17, 15) is 24.6 Å². The molecule has 5 nitrogen and oxygen atoms in total. The minimum atomic E-state index is -1.59. The molecule has 19 heavy (non-hydrogen) atoms. The van der Waals surface area contributed by atoms with Crippen molar-refractivity contribution in [1.82, 2.24) is 0 Å². The van der Waals surface area contributed by atoms with Crippen LogP contribution in [0.25, 0.3) is 0 Å². The fraction of sp³-hybridized carbons (Fsp3) is 0.182. The van der Waals surface area contributed by atoms with Gasteiger partial charge in [0.2, 0.25) is 5.12 Å². The van der Waals surface area contributed by atoms with Gasteiger partial charge in [-0.05, 0) is 0 Å². The van der Waals surface area contributed by atoms with E-state index >= 15 is 0 Å². The van der Waals surface area contributed by atoms with Crippen LogP contribution in [0.5, 0.6) is 0 Å². The first-order chi connectivity index (χ1) is 8.00. The van der Waals surface area contributed by atoms with Crippen molar-refractivity contribution in [1.29, 1.82) is 0 Å². The van der Waals surface area contributed by atoms with Crippen LogP contribution in [-0.4, -0.2) is 22.3 Å². The Kier molecular flexibility index (Phi) is 12.3. The predicted molar refractivity (Wildman–Crippen MR) is 56.8 cm³/mol. The zero-order valence-corrected chi connectivity index (χ0v) is 15.4. The van der Waals surface area contributed by atoms with Crippen molar-refractivity contribution < 1.29 is 83.7 Å². The van der Waals surface area contributed by atoms with Gasteiger partial charge in [0.15, 0.2) is 0 Å². The molecule has 1 rings (SSSR count). The van der Waals surface area contributed by atoms with Gasteiger partial charge < -0.3 is 19.8 Å². The number of hydrogen-bond donors (Lipinski definition) is 0. The fourth-order valence-electron chi connectivity index (χ4n) is 1.10. The summed E-state index contributed by atoms with van der Waals surface area (Å²) >= 11 is 0.412. The molecule has 0 aliphatic heterocycles. The molecule has 0 aliphatic carbocycles. The van der Waals surface area contributed by atoms with Gasteiger partial charge in [-0.1, -0.05) is 42.1 Å². The molecule has 0 amide bonds. The molecule has 1 aromatic rings. The van der Waals surface area contributed by atoms with Crippen molar-refractivity contribution in [2.45, 2.75) is 11.7 Å². The molecule has 90 valence electrons. The summed E-state index contributed by atoms with van der Waals surface area (Å²) in [6.45, 7) is 0. The van der Waals surface area contributed by atoms with Crippen molar-refractivity contribution in [3.8, 4) is 0 Å². The van der Waals surface area contributed by atoms with Crippen LogP contribution in [0.4, 0.5) is 0 Å². The van der Waals surface area contributed by atoms with Gasteiger partial charge in [0, 0.05) is 18.0 Å². The topological polar surface area (TPSA) is 97.3 Å². The molecule has 1 aromatic carbocycles. The smallest absolute Gasteiger partial charge is 0.550 e. The summed E-state index contributed by atoms with van der Waals surface area (Å²) in [5.41, 5.74) is 0.307. The fourth-order valence-corrected chi connectivity index (χ4v) is 1.94. The Morgan fingerprint density at radius 3 is 2.00 bits per heavy atom. The molecule has 0 N–H and O–H groups in total. The maximum absolute atomic E-state index is 11.6. The minimum absolute atomic E-state index is 0. The SMILES string of the molecule is O=C([O-])C[C@H](SC(=O)c1ccccc1)C(=O)[O-].[Na+].[Na+]. The van der Waals surface area contributed by atoms with Crippen LogP contribution in [-0.2, 0) is 9.59 Å². The molecule has 0 bridgehead atoms. The number of carboxylic acid groups (broad SMARTS) is 2. The second-order valence-corrected chi connectivity index (χ2v) is 4.33. The van der Waals surface area contributed by atoms with Gasteiger partial charge in [-0.3, -0.25) is 4.79 Å². The molecule has 1 atom stereocenters. The van der Waals surface area contributed by atoms with Crippen molar-refractivity contribution in [2.75, 3.05) is 0 Å². The molecule has 0 heterocycles. The Morgan fingerprint density at radius 2 is 1.58 bits per heavy atom. The van der Waals surface area contributed by atoms with Gasteiger partial charge in [-0.2, -0.15) is 0 Å². The van der Waals surface area contributed by atoms with Crippen LogP contribution in [0.3, 0.4) is 0 Å². The normalized spacial score (nSPS) is 10.5. The quantitative estimate of drug-likeness (QED) is 0.501. The number of rotatable bonds is 5. The summed E-state index contributed by atoms with van der Waals surface area (Å²) < 4.78 is 0. The van der Waals surface area contributed by atoms with Crippen LogP contribution < -0.4 is 69.3 Å². The van der Waals surface area contributed by atoms with Gasteiger partial charge >= 0.3 is 59.1 Å². The van der Waals surface area contributed by atoms with E-state index in [1.807, 2.05) is 0 Å². The number of hydrogen-bond acceptors (Lipinski definition) is 6. The first-order valence-electron chi connectivity index (χ1n) is 4.67. The van der Waals surface area contributed by atoms with Crippen molar-refractivity contribution in [3.05, 3.63) is 35.9 Å². The second-order valence-electron chi connectivity index (χ2n) is 3.16. The van der Waals surface area contributed by atoms with Gasteiger partial charge in [0.05, 0.1) is 11.2 Å². The number of carbonyl (C=O) groups excluding carboxylic acids is 3. The van der Waals surface area contributed by atoms with Gasteiger partial charge in [0.25, 0.3) is 0 Å². The number of carboxylic acids is 2. The van der Waals surface area contributed by atoms with E-state index in [-0.39, 0.29) is 59.1 Å². The first-order valence-corrected chi connectivity index (χ1v) is 5.55. The molecule has 0 saturated carbocycles. The van der Waals surface area contributed by atoms with Crippen LogP contribution in [0, 0.1) is 0 Å². The molecule has 0 fully saturated rings. The second kappa shape index (κ2) is 10.9. The Bertz CT molecular complexity index is 438. The number of aliphatic carboxylic acids is 2. The van der Waals surface area contributed by atoms with Crippen molar-refractivity contribution in [2.24, 2.45) is 0 Å². The molecular formula is C11H8Na2O5S.